The summed E-state index contributed by atoms with van der Waals surface area (Å²) in [7, 11) is 0. The fraction of sp³-hybridized carbons (Fsp3) is 0.588. The van der Waals surface area contributed by atoms with E-state index in [0.29, 0.717) is 25.1 Å². The lowest BCUT2D eigenvalue weighted by molar-refractivity contribution is -0.385. The molecule has 0 spiro atoms. The van der Waals surface area contributed by atoms with Crippen molar-refractivity contribution in [3.05, 3.63) is 39.9 Å². The van der Waals surface area contributed by atoms with Crippen LogP contribution in [0.25, 0.3) is 0 Å². The second kappa shape index (κ2) is 6.76. The number of likely N-dealkylation sites (tertiary alicyclic amines) is 1. The van der Waals surface area contributed by atoms with Crippen LogP contribution in [0.1, 0.15) is 37.7 Å². The number of nitrogens with zero attached hydrogens (tertiary/aromatic N) is 2. The Hall–Kier alpha value is -2.15. The minimum absolute atomic E-state index is 0.0121. The number of aliphatic hydroxyl groups is 1. The highest BCUT2D eigenvalue weighted by molar-refractivity contribution is 5.74. The van der Waals surface area contributed by atoms with E-state index in [1.807, 2.05) is 0 Å². The van der Waals surface area contributed by atoms with Gasteiger partial charge in [-0.25, -0.2) is 4.79 Å². The summed E-state index contributed by atoms with van der Waals surface area (Å²) in [6.45, 7) is 1.20. The van der Waals surface area contributed by atoms with E-state index in [-0.39, 0.29) is 24.2 Å². The van der Waals surface area contributed by atoms with Gasteiger partial charge in [-0.1, -0.05) is 31.0 Å². The molecule has 3 rings (SSSR count). The summed E-state index contributed by atoms with van der Waals surface area (Å²) in [5.41, 5.74) is -0.118. The Balaban J connectivity index is 1.59. The SMILES string of the molecule is O=C(NCc1ccccc1[N+](=O)[O-])N1CC[C@]2(O)CCCC[C@H]2C1. The maximum Gasteiger partial charge on any atom is 0.317 e. The van der Waals surface area contributed by atoms with Crippen molar-refractivity contribution < 1.29 is 14.8 Å². The Morgan fingerprint density at radius 1 is 1.38 bits per heavy atom. The molecule has 1 aliphatic carbocycles. The Bertz CT molecular complexity index is 636. The first-order valence-electron chi connectivity index (χ1n) is 8.47. The van der Waals surface area contributed by atoms with Crippen LogP contribution in [0.4, 0.5) is 10.5 Å². The Morgan fingerprint density at radius 2 is 2.17 bits per heavy atom. The molecule has 0 unspecified atom stereocenters. The lowest BCUT2D eigenvalue weighted by atomic mass is 9.71. The number of nitrogens with one attached hydrogen (secondary N) is 1. The number of rotatable bonds is 3. The molecule has 0 radical (unpaired) electrons. The van der Waals surface area contributed by atoms with Crippen molar-refractivity contribution in [3.8, 4) is 0 Å². The third-order valence-corrected chi connectivity index (χ3v) is 5.33. The van der Waals surface area contributed by atoms with Gasteiger partial charge in [0, 0.05) is 30.6 Å². The predicted molar refractivity (Wildman–Crippen MR) is 88.4 cm³/mol. The molecule has 1 saturated carbocycles. The predicted octanol–water partition coefficient (Wildman–Crippen LogP) is 2.43. The molecule has 1 heterocycles. The topological polar surface area (TPSA) is 95.7 Å². The van der Waals surface area contributed by atoms with Crippen molar-refractivity contribution in [1.29, 1.82) is 0 Å². The molecule has 2 amide bonds. The molecule has 2 fully saturated rings. The fourth-order valence-electron chi connectivity index (χ4n) is 3.88. The summed E-state index contributed by atoms with van der Waals surface area (Å²) < 4.78 is 0. The Morgan fingerprint density at radius 3 is 2.96 bits per heavy atom. The molecule has 0 bridgehead atoms. The number of carbonyl (C=O) groups is 1. The molecule has 2 atom stereocenters. The number of carbonyl (C=O) groups excluding carboxylic acids is 1. The number of amides is 2. The molecule has 0 aromatic heterocycles. The number of para-hydroxylation sites is 1. The van der Waals surface area contributed by atoms with Crippen LogP contribution in [0, 0.1) is 16.0 Å². The number of hydrogen-bond donors (Lipinski definition) is 2. The van der Waals surface area contributed by atoms with E-state index in [0.717, 1.165) is 25.7 Å². The number of nitro benzene ring substituents is 1. The van der Waals surface area contributed by atoms with E-state index in [4.69, 9.17) is 0 Å². The van der Waals surface area contributed by atoms with E-state index in [1.54, 1.807) is 23.1 Å². The number of benzene rings is 1. The summed E-state index contributed by atoms with van der Waals surface area (Å²) in [6, 6.07) is 6.19. The molecule has 7 nitrogen and oxygen atoms in total. The molecule has 1 aliphatic heterocycles. The van der Waals surface area contributed by atoms with Gasteiger partial charge in [-0.3, -0.25) is 10.1 Å². The van der Waals surface area contributed by atoms with Crippen LogP contribution in [-0.2, 0) is 6.54 Å². The second-order valence-corrected chi connectivity index (χ2v) is 6.79. The average Bonchev–Trinajstić information content (AvgIpc) is 2.59. The van der Waals surface area contributed by atoms with Crippen LogP contribution < -0.4 is 5.32 Å². The summed E-state index contributed by atoms with van der Waals surface area (Å²) in [6.07, 6.45) is 4.53. The van der Waals surface area contributed by atoms with Crippen molar-refractivity contribution in [2.75, 3.05) is 13.1 Å². The molecule has 130 valence electrons. The minimum Gasteiger partial charge on any atom is -0.389 e. The van der Waals surface area contributed by atoms with E-state index in [9.17, 15) is 20.0 Å². The van der Waals surface area contributed by atoms with Crippen LogP contribution in [0.2, 0.25) is 0 Å². The highest BCUT2D eigenvalue weighted by Gasteiger charge is 2.43. The molecule has 24 heavy (non-hydrogen) atoms. The van der Waals surface area contributed by atoms with Crippen LogP contribution in [0.15, 0.2) is 24.3 Å². The fourth-order valence-corrected chi connectivity index (χ4v) is 3.88. The minimum atomic E-state index is -0.618. The zero-order valence-electron chi connectivity index (χ0n) is 13.6. The zero-order valence-corrected chi connectivity index (χ0v) is 13.6. The molecule has 2 aliphatic rings. The summed E-state index contributed by atoms with van der Waals surface area (Å²) in [5.74, 6) is 0.136. The number of urea groups is 1. The molecule has 1 aromatic carbocycles. The van der Waals surface area contributed by atoms with Gasteiger partial charge in [0.25, 0.3) is 5.69 Å². The van der Waals surface area contributed by atoms with E-state index >= 15 is 0 Å². The van der Waals surface area contributed by atoms with Gasteiger partial charge in [0.05, 0.1) is 17.1 Å². The van der Waals surface area contributed by atoms with Gasteiger partial charge in [0.15, 0.2) is 0 Å². The third kappa shape index (κ3) is 3.36. The largest absolute Gasteiger partial charge is 0.389 e. The van der Waals surface area contributed by atoms with E-state index in [1.165, 1.54) is 6.07 Å². The average molecular weight is 333 g/mol. The van der Waals surface area contributed by atoms with Crippen LogP contribution in [-0.4, -0.2) is 39.7 Å². The summed E-state index contributed by atoms with van der Waals surface area (Å²) in [5, 5.41) is 24.5. The lowest BCUT2D eigenvalue weighted by Gasteiger charge is -2.47. The van der Waals surface area contributed by atoms with Gasteiger partial charge in [0.2, 0.25) is 0 Å². The van der Waals surface area contributed by atoms with Crippen molar-refractivity contribution >= 4 is 11.7 Å². The van der Waals surface area contributed by atoms with Gasteiger partial charge in [-0.2, -0.15) is 0 Å². The summed E-state index contributed by atoms with van der Waals surface area (Å²) in [4.78, 5) is 24.7. The number of fused-ring (bicyclic) bond motifs is 1. The van der Waals surface area contributed by atoms with Crippen molar-refractivity contribution in [2.45, 2.75) is 44.2 Å². The van der Waals surface area contributed by atoms with Gasteiger partial charge in [-0.15, -0.1) is 0 Å². The first kappa shape index (κ1) is 16.7. The Labute approximate surface area is 140 Å². The first-order chi connectivity index (χ1) is 11.5. The van der Waals surface area contributed by atoms with Gasteiger partial charge in [0.1, 0.15) is 0 Å². The molecule has 7 heteroatoms. The molecular weight excluding hydrogens is 310 g/mol. The summed E-state index contributed by atoms with van der Waals surface area (Å²) >= 11 is 0. The monoisotopic (exact) mass is 333 g/mol. The normalized spacial score (nSPS) is 26.5. The number of nitro groups is 1. The molecule has 1 saturated heterocycles. The van der Waals surface area contributed by atoms with Gasteiger partial charge < -0.3 is 15.3 Å². The maximum atomic E-state index is 12.4. The highest BCUT2D eigenvalue weighted by atomic mass is 16.6. The smallest absolute Gasteiger partial charge is 0.317 e. The highest BCUT2D eigenvalue weighted by Crippen LogP contribution is 2.39. The van der Waals surface area contributed by atoms with Gasteiger partial charge in [-0.05, 0) is 19.3 Å². The van der Waals surface area contributed by atoms with Crippen LogP contribution in [0.5, 0.6) is 0 Å². The second-order valence-electron chi connectivity index (χ2n) is 6.79. The standard InChI is InChI=1S/C17H23N3O4/c21-16(18-11-13-5-1-2-7-15(13)20(23)24)19-10-9-17(22)8-4-3-6-14(17)12-19/h1-2,5,7,14,22H,3-4,6,8-12H2,(H,18,21)/t14-,17+/m0/s1. The molecule has 2 N–H and O–H groups in total. The zero-order chi connectivity index (χ0) is 17.2. The number of piperidine rings is 1. The Kier molecular flexibility index (Phi) is 4.71. The quantitative estimate of drug-likeness (QED) is 0.656. The lowest BCUT2D eigenvalue weighted by Crippen LogP contribution is -2.56. The molecule has 1 aromatic rings. The van der Waals surface area contributed by atoms with E-state index < -0.39 is 10.5 Å². The number of hydrogen-bond acceptors (Lipinski definition) is 4. The van der Waals surface area contributed by atoms with Crippen LogP contribution >= 0.6 is 0 Å². The van der Waals surface area contributed by atoms with Crippen molar-refractivity contribution in [2.24, 2.45) is 5.92 Å². The van der Waals surface area contributed by atoms with Crippen molar-refractivity contribution in [3.63, 3.8) is 0 Å². The molecular formula is C17H23N3O4. The van der Waals surface area contributed by atoms with Crippen molar-refractivity contribution in [1.82, 2.24) is 10.2 Å². The van der Waals surface area contributed by atoms with Crippen LogP contribution in [0.3, 0.4) is 0 Å². The maximum absolute atomic E-state index is 12.4. The third-order valence-electron chi connectivity index (χ3n) is 5.33. The van der Waals surface area contributed by atoms with E-state index in [2.05, 4.69) is 5.32 Å². The van der Waals surface area contributed by atoms with Gasteiger partial charge >= 0.3 is 6.03 Å². The first-order valence-corrected chi connectivity index (χ1v) is 8.47.